The number of fused-ring (bicyclic) bond motifs is 3. The minimum atomic E-state index is -3.80. The van der Waals surface area contributed by atoms with Gasteiger partial charge in [-0.15, -0.1) is 0 Å². The van der Waals surface area contributed by atoms with Crippen LogP contribution >= 0.6 is 0 Å². The summed E-state index contributed by atoms with van der Waals surface area (Å²) in [6.45, 7) is 2.53. The number of nitrogens with zero attached hydrogens (tertiary/aromatic N) is 3. The summed E-state index contributed by atoms with van der Waals surface area (Å²) < 4.78 is 114. The topological polar surface area (TPSA) is 106 Å². The van der Waals surface area contributed by atoms with E-state index in [2.05, 4.69) is 20.1 Å². The number of carbonyl (C=O) groups is 1. The Bertz CT molecular complexity index is 1930. The maximum Gasteiger partial charge on any atom is 0.295 e. The number of aromatic nitrogens is 3. The van der Waals surface area contributed by atoms with E-state index in [0.717, 1.165) is 12.1 Å². The molecule has 0 aliphatic heterocycles. The Kier molecular flexibility index (Phi) is 8.41. The second-order valence-electron chi connectivity index (χ2n) is 12.0. The van der Waals surface area contributed by atoms with E-state index in [4.69, 9.17) is 0 Å². The highest BCUT2D eigenvalue weighted by Crippen LogP contribution is 2.67. The summed E-state index contributed by atoms with van der Waals surface area (Å²) in [6, 6.07) is 10.4. The van der Waals surface area contributed by atoms with E-state index in [-0.39, 0.29) is 40.6 Å². The fourth-order valence-electron chi connectivity index (χ4n) is 6.23. The predicted octanol–water partition coefficient (Wildman–Crippen LogP) is 6.16. The Hall–Kier alpha value is -4.24. The molecule has 3 atom stereocenters. The van der Waals surface area contributed by atoms with Crippen LogP contribution in [0.1, 0.15) is 66.9 Å². The molecule has 0 radical (unpaired) electrons. The minimum absolute atomic E-state index is 0.00419. The van der Waals surface area contributed by atoms with E-state index >= 15 is 0 Å². The van der Waals surface area contributed by atoms with Crippen molar-refractivity contribution in [2.24, 2.45) is 5.92 Å². The highest BCUT2D eigenvalue weighted by Gasteiger charge is 2.67. The maximum absolute atomic E-state index is 14.7. The van der Waals surface area contributed by atoms with Crippen LogP contribution in [0.2, 0.25) is 0 Å². The molecule has 2 heterocycles. The molecule has 4 aromatic rings. The largest absolute Gasteiger partial charge is 0.346 e. The molecule has 0 bridgehead atoms. The molecular formula is C32H29F6N5O3S. The standard InChI is InChI=1S/C32H29F6N5O3S/c1-16(2)42-47(45,46)21-7-5-18(6-8-21)22-4-3-9-39-28(22)25(12-17-10-19(33)13-20(34)11-17)40-26(44)15-43-29(31(35)36)27-23-14-24(23)32(37,38)30(27)41-43/h3-11,13,16,23-25,31,42H,12,14-15H2,1-2H3,(H,40,44)/t23?,24?,25-/m0/s1. The number of benzene rings is 2. The summed E-state index contributed by atoms with van der Waals surface area (Å²) in [4.78, 5) is 17.8. The van der Waals surface area contributed by atoms with Gasteiger partial charge in [0.15, 0.2) is 0 Å². The van der Waals surface area contributed by atoms with Gasteiger partial charge in [0, 0.05) is 35.3 Å². The van der Waals surface area contributed by atoms with Crippen molar-refractivity contribution in [3.05, 3.63) is 101 Å². The zero-order valence-corrected chi connectivity index (χ0v) is 25.8. The Morgan fingerprint density at radius 1 is 1.06 bits per heavy atom. The molecule has 2 unspecified atom stereocenters. The third-order valence-corrected chi connectivity index (χ3v) is 9.88. The number of halogens is 6. The van der Waals surface area contributed by atoms with Crippen molar-refractivity contribution in [3.63, 3.8) is 0 Å². The summed E-state index contributed by atoms with van der Waals surface area (Å²) in [5, 5.41) is 6.40. The number of rotatable bonds is 11. The van der Waals surface area contributed by atoms with Gasteiger partial charge in [-0.3, -0.25) is 14.5 Å². The van der Waals surface area contributed by atoms with Crippen molar-refractivity contribution >= 4 is 15.9 Å². The van der Waals surface area contributed by atoms with E-state index in [9.17, 15) is 39.6 Å². The maximum atomic E-state index is 14.7. The molecule has 8 nitrogen and oxygen atoms in total. The third kappa shape index (κ3) is 6.38. The van der Waals surface area contributed by atoms with Gasteiger partial charge in [-0.2, -0.15) is 13.9 Å². The van der Waals surface area contributed by atoms with Crippen LogP contribution in [0.25, 0.3) is 11.1 Å². The first kappa shape index (κ1) is 32.7. The van der Waals surface area contributed by atoms with Crippen molar-refractivity contribution in [2.45, 2.75) is 68.5 Å². The van der Waals surface area contributed by atoms with Crippen LogP contribution in [-0.2, 0) is 33.7 Å². The molecule has 0 saturated heterocycles. The van der Waals surface area contributed by atoms with Crippen molar-refractivity contribution in [1.29, 1.82) is 0 Å². The van der Waals surface area contributed by atoms with Crippen LogP contribution in [0, 0.1) is 17.6 Å². The van der Waals surface area contributed by atoms with Gasteiger partial charge in [-0.05, 0) is 74.1 Å². The molecule has 15 heteroatoms. The number of alkyl halides is 4. The predicted molar refractivity (Wildman–Crippen MR) is 158 cm³/mol. The van der Waals surface area contributed by atoms with Gasteiger partial charge in [0.1, 0.15) is 29.6 Å². The third-order valence-electron chi connectivity index (χ3n) is 8.21. The van der Waals surface area contributed by atoms with E-state index in [1.54, 1.807) is 26.0 Å². The second kappa shape index (κ2) is 12.1. The normalized spacial score (nSPS) is 18.7. The van der Waals surface area contributed by atoms with Gasteiger partial charge in [0.25, 0.3) is 12.3 Å². The van der Waals surface area contributed by atoms with E-state index in [1.807, 2.05) is 0 Å². The Morgan fingerprint density at radius 2 is 1.74 bits per heavy atom. The monoisotopic (exact) mass is 677 g/mol. The summed E-state index contributed by atoms with van der Waals surface area (Å²) in [7, 11) is -3.80. The van der Waals surface area contributed by atoms with Crippen molar-refractivity contribution in [2.75, 3.05) is 0 Å². The lowest BCUT2D eigenvalue weighted by Gasteiger charge is -2.22. The summed E-state index contributed by atoms with van der Waals surface area (Å²) in [6.07, 6.45) is -1.89. The van der Waals surface area contributed by atoms with Gasteiger partial charge >= 0.3 is 0 Å². The molecule has 2 aromatic heterocycles. The number of pyridine rings is 1. The van der Waals surface area contributed by atoms with Gasteiger partial charge < -0.3 is 5.32 Å². The van der Waals surface area contributed by atoms with E-state index < -0.39 is 75.7 Å². The highest BCUT2D eigenvalue weighted by molar-refractivity contribution is 7.89. The van der Waals surface area contributed by atoms with Crippen LogP contribution in [0.3, 0.4) is 0 Å². The molecule has 1 fully saturated rings. The van der Waals surface area contributed by atoms with Gasteiger partial charge in [0.05, 0.1) is 16.6 Å². The number of sulfonamides is 1. The van der Waals surface area contributed by atoms with Crippen LogP contribution in [0.15, 0.2) is 65.7 Å². The number of hydrogen-bond acceptors (Lipinski definition) is 5. The molecule has 1 saturated carbocycles. The molecule has 2 N–H and O–H groups in total. The van der Waals surface area contributed by atoms with Crippen molar-refractivity contribution in [3.8, 4) is 11.1 Å². The first-order chi connectivity index (χ1) is 22.2. The molecule has 0 spiro atoms. The summed E-state index contributed by atoms with van der Waals surface area (Å²) in [5.74, 6) is -7.81. The number of hydrogen-bond donors (Lipinski definition) is 2. The smallest absolute Gasteiger partial charge is 0.295 e. The van der Waals surface area contributed by atoms with Crippen molar-refractivity contribution < 1.29 is 39.6 Å². The molecule has 2 aromatic carbocycles. The zero-order valence-electron chi connectivity index (χ0n) is 25.0. The quantitative estimate of drug-likeness (QED) is 0.185. The first-order valence-corrected chi connectivity index (χ1v) is 16.2. The Morgan fingerprint density at radius 3 is 2.38 bits per heavy atom. The Balaban J connectivity index is 1.34. The lowest BCUT2D eigenvalue weighted by Crippen LogP contribution is -2.34. The molecule has 248 valence electrons. The first-order valence-electron chi connectivity index (χ1n) is 14.7. The fourth-order valence-corrected chi connectivity index (χ4v) is 7.48. The zero-order chi connectivity index (χ0) is 33.8. The van der Waals surface area contributed by atoms with Gasteiger partial charge in [-0.1, -0.05) is 18.2 Å². The molecule has 2 aliphatic carbocycles. The molecule has 2 aliphatic rings. The fraction of sp³-hybridized carbons (Fsp3) is 0.344. The number of amides is 1. The van der Waals surface area contributed by atoms with Gasteiger partial charge in [0.2, 0.25) is 15.9 Å². The Labute approximate surface area is 266 Å². The second-order valence-corrected chi connectivity index (χ2v) is 13.7. The van der Waals surface area contributed by atoms with E-state index in [1.165, 1.54) is 30.5 Å². The lowest BCUT2D eigenvalue weighted by molar-refractivity contribution is -0.122. The van der Waals surface area contributed by atoms with Crippen LogP contribution in [0.5, 0.6) is 0 Å². The summed E-state index contributed by atoms with van der Waals surface area (Å²) >= 11 is 0. The SMILES string of the molecule is CC(C)NS(=O)(=O)c1ccc(-c2cccnc2[C@H](Cc2cc(F)cc(F)c2)NC(=O)Cn2nc3c(c2C(F)F)C2CC2C3(F)F)cc1. The highest BCUT2D eigenvalue weighted by atomic mass is 32.2. The molecule has 6 rings (SSSR count). The minimum Gasteiger partial charge on any atom is -0.346 e. The van der Waals surface area contributed by atoms with Crippen molar-refractivity contribution in [1.82, 2.24) is 24.8 Å². The molecule has 47 heavy (non-hydrogen) atoms. The number of nitrogens with one attached hydrogen (secondary N) is 2. The average molecular weight is 678 g/mol. The average Bonchev–Trinajstić information content (AvgIpc) is 3.65. The summed E-state index contributed by atoms with van der Waals surface area (Å²) in [5.41, 5.74) is -0.413. The van der Waals surface area contributed by atoms with Crippen LogP contribution in [-0.4, -0.2) is 35.1 Å². The van der Waals surface area contributed by atoms with Crippen LogP contribution < -0.4 is 10.0 Å². The molecule has 1 amide bonds. The van der Waals surface area contributed by atoms with Crippen LogP contribution in [0.4, 0.5) is 26.3 Å². The number of carbonyl (C=O) groups excluding carboxylic acids is 1. The molecular weight excluding hydrogens is 648 g/mol. The van der Waals surface area contributed by atoms with E-state index in [0.29, 0.717) is 21.9 Å². The van der Waals surface area contributed by atoms with Gasteiger partial charge in [-0.25, -0.2) is 30.7 Å². The lowest BCUT2D eigenvalue weighted by atomic mass is 9.95.